The Labute approximate surface area is 202 Å². The molecule has 4 rings (SSSR count). The van der Waals surface area contributed by atoms with Gasteiger partial charge in [0, 0.05) is 10.7 Å². The number of urea groups is 1. The molecule has 1 aliphatic heterocycles. The minimum absolute atomic E-state index is 0.333. The molecule has 1 saturated heterocycles. The van der Waals surface area contributed by atoms with Gasteiger partial charge >= 0.3 is 6.03 Å². The lowest BCUT2D eigenvalue weighted by Gasteiger charge is -2.25. The molecule has 1 unspecified atom stereocenters. The number of aryl methyl sites for hydroxylation is 1. The Morgan fingerprint density at radius 1 is 1.03 bits per heavy atom. The Morgan fingerprint density at radius 2 is 1.74 bits per heavy atom. The van der Waals surface area contributed by atoms with Crippen LogP contribution in [0.3, 0.4) is 0 Å². The van der Waals surface area contributed by atoms with Crippen LogP contribution in [0, 0.1) is 6.92 Å². The predicted octanol–water partition coefficient (Wildman–Crippen LogP) is 5.24. The van der Waals surface area contributed by atoms with Gasteiger partial charge in [0.15, 0.2) is 0 Å². The van der Waals surface area contributed by atoms with Crippen LogP contribution in [0.4, 0.5) is 10.5 Å². The summed E-state index contributed by atoms with van der Waals surface area (Å²) in [5, 5.41) is 6.00. The number of ether oxygens (including phenoxy) is 1. The zero-order chi connectivity index (χ0) is 24.3. The van der Waals surface area contributed by atoms with Gasteiger partial charge < -0.3 is 15.4 Å². The summed E-state index contributed by atoms with van der Waals surface area (Å²) >= 11 is 5.96. The summed E-state index contributed by atoms with van der Waals surface area (Å²) < 4.78 is 5.81. The van der Waals surface area contributed by atoms with Crippen LogP contribution >= 0.6 is 11.6 Å². The molecule has 1 fully saturated rings. The Morgan fingerprint density at radius 3 is 2.38 bits per heavy atom. The van der Waals surface area contributed by atoms with E-state index in [1.165, 1.54) is 0 Å². The standard InChI is InChI=1S/C26H24ClN3O4/c1-3-26(18-7-9-19(27)10-8-18)24(32)30(25(33)29-26)16-23(31)28-20-11-13-21(14-12-20)34-22-6-4-5-17(2)15-22/h4-15H,3,16H2,1-2H3,(H,28,31)(H,29,33). The maximum atomic E-state index is 13.2. The summed E-state index contributed by atoms with van der Waals surface area (Å²) in [4.78, 5) is 39.4. The fourth-order valence-electron chi connectivity index (χ4n) is 3.91. The van der Waals surface area contributed by atoms with Crippen molar-refractivity contribution in [3.8, 4) is 11.5 Å². The molecular formula is C26H24ClN3O4. The van der Waals surface area contributed by atoms with E-state index >= 15 is 0 Å². The van der Waals surface area contributed by atoms with Gasteiger partial charge in [-0.15, -0.1) is 0 Å². The van der Waals surface area contributed by atoms with Crippen LogP contribution in [0.5, 0.6) is 11.5 Å². The molecule has 3 aromatic rings. The molecule has 0 aromatic heterocycles. The van der Waals surface area contributed by atoms with E-state index in [0.717, 1.165) is 16.2 Å². The predicted molar refractivity (Wildman–Crippen MR) is 130 cm³/mol. The van der Waals surface area contributed by atoms with Crippen molar-refractivity contribution < 1.29 is 19.1 Å². The monoisotopic (exact) mass is 477 g/mol. The first-order valence-electron chi connectivity index (χ1n) is 10.9. The van der Waals surface area contributed by atoms with Crippen LogP contribution in [0.2, 0.25) is 5.02 Å². The van der Waals surface area contributed by atoms with E-state index in [4.69, 9.17) is 16.3 Å². The summed E-state index contributed by atoms with van der Waals surface area (Å²) in [7, 11) is 0. The minimum atomic E-state index is -1.23. The second kappa shape index (κ2) is 9.57. The lowest BCUT2D eigenvalue weighted by molar-refractivity contribution is -0.134. The molecule has 34 heavy (non-hydrogen) atoms. The highest BCUT2D eigenvalue weighted by Gasteiger charge is 2.51. The van der Waals surface area contributed by atoms with Crippen molar-refractivity contribution in [3.05, 3.63) is 88.9 Å². The zero-order valence-electron chi connectivity index (χ0n) is 18.8. The summed E-state index contributed by atoms with van der Waals surface area (Å²) in [6.07, 6.45) is 0.333. The van der Waals surface area contributed by atoms with E-state index < -0.39 is 29.9 Å². The third-order valence-electron chi connectivity index (χ3n) is 5.71. The summed E-state index contributed by atoms with van der Waals surface area (Å²) in [6, 6.07) is 20.6. The number of imide groups is 1. The molecule has 1 atom stereocenters. The number of carbonyl (C=O) groups is 3. The van der Waals surface area contributed by atoms with Crippen molar-refractivity contribution >= 4 is 35.1 Å². The van der Waals surface area contributed by atoms with Crippen molar-refractivity contribution in [1.82, 2.24) is 10.2 Å². The number of amides is 4. The largest absolute Gasteiger partial charge is 0.457 e. The molecule has 0 radical (unpaired) electrons. The number of benzene rings is 3. The molecule has 0 saturated carbocycles. The highest BCUT2D eigenvalue weighted by atomic mass is 35.5. The summed E-state index contributed by atoms with van der Waals surface area (Å²) in [5.74, 6) is 0.377. The first-order chi connectivity index (χ1) is 16.3. The normalized spacial score (nSPS) is 17.4. The Hall–Kier alpha value is -3.84. The van der Waals surface area contributed by atoms with Crippen molar-refractivity contribution in [1.29, 1.82) is 0 Å². The molecule has 0 bridgehead atoms. The van der Waals surface area contributed by atoms with Crippen molar-refractivity contribution in [3.63, 3.8) is 0 Å². The average molecular weight is 478 g/mol. The van der Waals surface area contributed by atoms with E-state index in [1.54, 1.807) is 55.5 Å². The number of halogens is 1. The van der Waals surface area contributed by atoms with E-state index in [9.17, 15) is 14.4 Å². The number of nitrogens with one attached hydrogen (secondary N) is 2. The molecule has 4 amide bonds. The van der Waals surface area contributed by atoms with Gasteiger partial charge in [0.05, 0.1) is 0 Å². The summed E-state index contributed by atoms with van der Waals surface area (Å²) in [5.41, 5.74) is 1.000. The van der Waals surface area contributed by atoms with E-state index in [2.05, 4.69) is 10.6 Å². The number of hydrogen-bond donors (Lipinski definition) is 2. The van der Waals surface area contributed by atoms with Gasteiger partial charge in [0.2, 0.25) is 5.91 Å². The third-order valence-corrected chi connectivity index (χ3v) is 5.96. The fraction of sp³-hybridized carbons (Fsp3) is 0.192. The van der Waals surface area contributed by atoms with Crippen LogP contribution < -0.4 is 15.4 Å². The average Bonchev–Trinajstić information content (AvgIpc) is 3.06. The minimum Gasteiger partial charge on any atom is -0.457 e. The fourth-order valence-corrected chi connectivity index (χ4v) is 4.03. The Bertz CT molecular complexity index is 1230. The maximum absolute atomic E-state index is 13.2. The third kappa shape index (κ3) is 4.75. The Balaban J connectivity index is 1.41. The van der Waals surface area contributed by atoms with Crippen LogP contribution in [-0.2, 0) is 15.1 Å². The number of rotatable bonds is 7. The van der Waals surface area contributed by atoms with Crippen LogP contribution in [0.15, 0.2) is 72.8 Å². The van der Waals surface area contributed by atoms with E-state index in [-0.39, 0.29) is 0 Å². The van der Waals surface area contributed by atoms with Gasteiger partial charge in [-0.05, 0) is 73.0 Å². The molecule has 3 aromatic carbocycles. The second-order valence-corrected chi connectivity index (χ2v) is 8.51. The Kier molecular flexibility index (Phi) is 6.56. The lowest BCUT2D eigenvalue weighted by atomic mass is 9.87. The van der Waals surface area contributed by atoms with Gasteiger partial charge in [-0.1, -0.05) is 42.8 Å². The molecule has 7 nitrogen and oxygen atoms in total. The van der Waals surface area contributed by atoms with Crippen molar-refractivity contribution in [2.75, 3.05) is 11.9 Å². The van der Waals surface area contributed by atoms with Crippen LogP contribution in [0.25, 0.3) is 0 Å². The molecule has 8 heteroatoms. The quantitative estimate of drug-likeness (QED) is 0.456. The summed E-state index contributed by atoms with van der Waals surface area (Å²) in [6.45, 7) is 3.38. The van der Waals surface area contributed by atoms with Gasteiger partial charge in [-0.25, -0.2) is 4.79 Å². The van der Waals surface area contributed by atoms with Gasteiger partial charge in [-0.2, -0.15) is 0 Å². The molecule has 1 aliphatic rings. The van der Waals surface area contributed by atoms with Gasteiger partial charge in [0.1, 0.15) is 23.6 Å². The number of carbonyl (C=O) groups excluding carboxylic acids is 3. The topological polar surface area (TPSA) is 87.7 Å². The smallest absolute Gasteiger partial charge is 0.325 e. The van der Waals surface area contributed by atoms with Gasteiger partial charge in [-0.3, -0.25) is 14.5 Å². The molecule has 0 spiro atoms. The second-order valence-electron chi connectivity index (χ2n) is 8.08. The number of anilines is 1. The molecule has 1 heterocycles. The first kappa shape index (κ1) is 23.3. The molecular weight excluding hydrogens is 454 g/mol. The zero-order valence-corrected chi connectivity index (χ0v) is 19.6. The number of nitrogens with zero attached hydrogens (tertiary/aromatic N) is 1. The van der Waals surface area contributed by atoms with Crippen LogP contribution in [-0.4, -0.2) is 29.3 Å². The molecule has 2 N–H and O–H groups in total. The SMILES string of the molecule is CCC1(c2ccc(Cl)cc2)NC(=O)N(CC(=O)Nc2ccc(Oc3cccc(C)c3)cc2)C1=O. The lowest BCUT2D eigenvalue weighted by Crippen LogP contribution is -2.44. The van der Waals surface area contributed by atoms with Crippen molar-refractivity contribution in [2.24, 2.45) is 0 Å². The number of hydrogen-bond acceptors (Lipinski definition) is 4. The van der Waals surface area contributed by atoms with E-state index in [1.807, 2.05) is 31.2 Å². The van der Waals surface area contributed by atoms with E-state index in [0.29, 0.717) is 28.4 Å². The van der Waals surface area contributed by atoms with Gasteiger partial charge in [0.25, 0.3) is 5.91 Å². The van der Waals surface area contributed by atoms with Crippen LogP contribution in [0.1, 0.15) is 24.5 Å². The maximum Gasteiger partial charge on any atom is 0.325 e. The van der Waals surface area contributed by atoms with Crippen molar-refractivity contribution in [2.45, 2.75) is 25.8 Å². The molecule has 174 valence electrons. The molecule has 0 aliphatic carbocycles. The highest BCUT2D eigenvalue weighted by Crippen LogP contribution is 2.33. The highest BCUT2D eigenvalue weighted by molar-refractivity contribution is 6.30. The first-order valence-corrected chi connectivity index (χ1v) is 11.2.